The van der Waals surface area contributed by atoms with E-state index in [2.05, 4.69) is 0 Å². The largest absolute Gasteiger partial charge is 0.438 e. The van der Waals surface area contributed by atoms with E-state index in [0.29, 0.717) is 13.2 Å². The lowest BCUT2D eigenvalue weighted by Gasteiger charge is -2.40. The van der Waals surface area contributed by atoms with Gasteiger partial charge in [-0.05, 0) is 20.8 Å². The molecule has 1 aliphatic heterocycles. The average molecular weight is 189 g/mol. The van der Waals surface area contributed by atoms with Crippen molar-refractivity contribution in [1.29, 1.82) is 0 Å². The molecule has 5 nitrogen and oxygen atoms in total. The third-order valence-corrected chi connectivity index (χ3v) is 1.80. The second-order valence-electron chi connectivity index (χ2n) is 3.85. The van der Waals surface area contributed by atoms with Gasteiger partial charge in [-0.15, -0.1) is 0 Å². The van der Waals surface area contributed by atoms with Gasteiger partial charge in [0.1, 0.15) is 0 Å². The van der Waals surface area contributed by atoms with Crippen LogP contribution >= 0.6 is 0 Å². The summed E-state index contributed by atoms with van der Waals surface area (Å²) in [6, 6.07) is 0. The lowest BCUT2D eigenvalue weighted by atomic mass is 10.1. The van der Waals surface area contributed by atoms with E-state index in [-0.39, 0.29) is 0 Å². The molecule has 1 heterocycles. The molecule has 0 aromatic rings. The van der Waals surface area contributed by atoms with Crippen molar-refractivity contribution in [3.8, 4) is 0 Å². The summed E-state index contributed by atoms with van der Waals surface area (Å²) < 4.78 is 15.5. The smallest absolute Gasteiger partial charge is 0.405 e. The SMILES string of the molecule is CC1(OC(N)=O)COC(C)(C)OC1. The molecule has 0 aromatic carbocycles. The van der Waals surface area contributed by atoms with Gasteiger partial charge in [-0.3, -0.25) is 0 Å². The summed E-state index contributed by atoms with van der Waals surface area (Å²) >= 11 is 0. The van der Waals surface area contributed by atoms with Crippen LogP contribution < -0.4 is 5.73 Å². The van der Waals surface area contributed by atoms with Gasteiger partial charge in [-0.2, -0.15) is 0 Å². The van der Waals surface area contributed by atoms with Crippen LogP contribution in [0.25, 0.3) is 0 Å². The van der Waals surface area contributed by atoms with Crippen molar-refractivity contribution in [1.82, 2.24) is 0 Å². The molecule has 0 unspecified atom stereocenters. The summed E-state index contributed by atoms with van der Waals surface area (Å²) in [7, 11) is 0. The second-order valence-corrected chi connectivity index (χ2v) is 3.85. The zero-order valence-corrected chi connectivity index (χ0v) is 8.12. The highest BCUT2D eigenvalue weighted by atomic mass is 16.7. The van der Waals surface area contributed by atoms with Gasteiger partial charge in [0.25, 0.3) is 0 Å². The fraction of sp³-hybridized carbons (Fsp3) is 0.875. The first-order valence-corrected chi connectivity index (χ1v) is 4.09. The molecule has 5 heteroatoms. The third-order valence-electron chi connectivity index (χ3n) is 1.80. The van der Waals surface area contributed by atoms with Crippen LogP contribution in [-0.2, 0) is 14.2 Å². The molecule has 2 N–H and O–H groups in total. The Morgan fingerprint density at radius 1 is 1.31 bits per heavy atom. The number of hydrogen-bond acceptors (Lipinski definition) is 4. The van der Waals surface area contributed by atoms with Crippen molar-refractivity contribution < 1.29 is 19.0 Å². The van der Waals surface area contributed by atoms with Crippen LogP contribution in [0, 0.1) is 0 Å². The molecule has 1 amide bonds. The molecule has 0 aromatic heterocycles. The Balaban J connectivity index is 2.51. The molecular formula is C8H15NO4. The van der Waals surface area contributed by atoms with E-state index < -0.39 is 17.5 Å². The molecule has 0 spiro atoms. The Hall–Kier alpha value is -0.810. The molecule has 1 saturated heterocycles. The minimum Gasteiger partial charge on any atom is -0.438 e. The van der Waals surface area contributed by atoms with Crippen molar-refractivity contribution in [2.45, 2.75) is 32.2 Å². The van der Waals surface area contributed by atoms with Gasteiger partial charge in [-0.1, -0.05) is 0 Å². The van der Waals surface area contributed by atoms with Crippen LogP contribution in [0.3, 0.4) is 0 Å². The highest BCUT2D eigenvalue weighted by Gasteiger charge is 2.39. The number of carbonyl (C=O) groups excluding carboxylic acids is 1. The maximum Gasteiger partial charge on any atom is 0.405 e. The number of carbonyl (C=O) groups is 1. The highest BCUT2D eigenvalue weighted by molar-refractivity contribution is 5.65. The van der Waals surface area contributed by atoms with E-state index in [0.717, 1.165) is 0 Å². The lowest BCUT2D eigenvalue weighted by Crippen LogP contribution is -2.52. The van der Waals surface area contributed by atoms with E-state index in [4.69, 9.17) is 19.9 Å². The fourth-order valence-corrected chi connectivity index (χ4v) is 1.04. The second kappa shape index (κ2) is 3.16. The summed E-state index contributed by atoms with van der Waals surface area (Å²) in [5.74, 6) is -0.611. The molecule has 1 fully saturated rings. The molecule has 0 aliphatic carbocycles. The van der Waals surface area contributed by atoms with Crippen molar-refractivity contribution in [3.63, 3.8) is 0 Å². The highest BCUT2D eigenvalue weighted by Crippen LogP contribution is 2.25. The van der Waals surface area contributed by atoms with Crippen LogP contribution in [0.4, 0.5) is 4.79 Å². The molecule has 0 bridgehead atoms. The summed E-state index contributed by atoms with van der Waals surface area (Å²) in [6.07, 6.45) is -0.811. The minimum atomic E-state index is -0.811. The summed E-state index contributed by atoms with van der Waals surface area (Å²) in [5.41, 5.74) is 4.14. The monoisotopic (exact) mass is 189 g/mol. The van der Waals surface area contributed by atoms with E-state index in [1.807, 2.05) is 0 Å². The third kappa shape index (κ3) is 2.86. The Labute approximate surface area is 77.1 Å². The number of hydrogen-bond donors (Lipinski definition) is 1. The summed E-state index contributed by atoms with van der Waals surface area (Å²) in [5, 5.41) is 0. The van der Waals surface area contributed by atoms with Gasteiger partial charge in [0.2, 0.25) is 0 Å². The number of rotatable bonds is 1. The first-order valence-electron chi connectivity index (χ1n) is 4.09. The number of amides is 1. The molecular weight excluding hydrogens is 174 g/mol. The molecule has 1 aliphatic rings. The lowest BCUT2D eigenvalue weighted by molar-refractivity contribution is -0.295. The van der Waals surface area contributed by atoms with E-state index in [1.54, 1.807) is 20.8 Å². The Bertz CT molecular complexity index is 204. The Morgan fingerprint density at radius 3 is 2.15 bits per heavy atom. The van der Waals surface area contributed by atoms with E-state index >= 15 is 0 Å². The summed E-state index contributed by atoms with van der Waals surface area (Å²) in [4.78, 5) is 10.5. The van der Waals surface area contributed by atoms with Crippen LogP contribution in [0.5, 0.6) is 0 Å². The van der Waals surface area contributed by atoms with Crippen molar-refractivity contribution in [3.05, 3.63) is 0 Å². The van der Waals surface area contributed by atoms with Crippen LogP contribution in [0.15, 0.2) is 0 Å². The maximum atomic E-state index is 10.5. The standard InChI is InChI=1S/C8H15NO4/c1-7(2)11-4-8(3,5-12-7)13-6(9)10/h4-5H2,1-3H3,(H2,9,10). The number of primary amides is 1. The van der Waals surface area contributed by atoms with E-state index in [1.165, 1.54) is 0 Å². The van der Waals surface area contributed by atoms with E-state index in [9.17, 15) is 4.79 Å². The average Bonchev–Trinajstić information content (AvgIpc) is 1.95. The van der Waals surface area contributed by atoms with Gasteiger partial charge >= 0.3 is 6.09 Å². The quantitative estimate of drug-likeness (QED) is 0.656. The zero-order valence-electron chi connectivity index (χ0n) is 8.12. The van der Waals surface area contributed by atoms with Gasteiger partial charge < -0.3 is 19.9 Å². The summed E-state index contributed by atoms with van der Waals surface area (Å²) in [6.45, 7) is 5.91. The normalized spacial score (nSPS) is 25.2. The van der Waals surface area contributed by atoms with Gasteiger partial charge in [0.05, 0.1) is 13.2 Å². The molecule has 1 rings (SSSR count). The fourth-order valence-electron chi connectivity index (χ4n) is 1.04. The maximum absolute atomic E-state index is 10.5. The Morgan fingerprint density at radius 2 is 1.77 bits per heavy atom. The van der Waals surface area contributed by atoms with Crippen LogP contribution in [0.2, 0.25) is 0 Å². The van der Waals surface area contributed by atoms with Gasteiger partial charge in [-0.25, -0.2) is 4.79 Å². The number of ether oxygens (including phenoxy) is 3. The van der Waals surface area contributed by atoms with Crippen molar-refractivity contribution >= 4 is 6.09 Å². The topological polar surface area (TPSA) is 70.8 Å². The van der Waals surface area contributed by atoms with Gasteiger partial charge in [0, 0.05) is 0 Å². The molecule has 0 atom stereocenters. The zero-order chi connectivity index (χ0) is 10.1. The van der Waals surface area contributed by atoms with Crippen molar-refractivity contribution in [2.24, 2.45) is 5.73 Å². The molecule has 0 saturated carbocycles. The van der Waals surface area contributed by atoms with Crippen LogP contribution in [-0.4, -0.2) is 30.7 Å². The number of nitrogens with two attached hydrogens (primary N) is 1. The minimum absolute atomic E-state index is 0.295. The first kappa shape index (κ1) is 10.3. The molecule has 13 heavy (non-hydrogen) atoms. The van der Waals surface area contributed by atoms with Crippen LogP contribution in [0.1, 0.15) is 20.8 Å². The molecule has 76 valence electrons. The molecule has 0 radical (unpaired) electrons. The predicted octanol–water partition coefficient (Wildman–Crippen LogP) is 0.623. The Kier molecular flexibility index (Phi) is 2.49. The van der Waals surface area contributed by atoms with Gasteiger partial charge in [0.15, 0.2) is 11.4 Å². The predicted molar refractivity (Wildman–Crippen MR) is 45.1 cm³/mol. The first-order chi connectivity index (χ1) is 5.83. The van der Waals surface area contributed by atoms with Crippen molar-refractivity contribution in [2.75, 3.05) is 13.2 Å².